The van der Waals surface area contributed by atoms with Gasteiger partial charge in [-0.2, -0.15) is 15.0 Å². The van der Waals surface area contributed by atoms with Gasteiger partial charge in [-0.1, -0.05) is 42.5 Å². The molecule has 2 aromatic carbocycles. The highest BCUT2D eigenvalue weighted by Gasteiger charge is 2.19. The van der Waals surface area contributed by atoms with Crippen molar-refractivity contribution in [3.05, 3.63) is 60.4 Å². The van der Waals surface area contributed by atoms with E-state index in [0.717, 1.165) is 38.4 Å². The third-order valence-electron chi connectivity index (χ3n) is 5.05. The van der Waals surface area contributed by atoms with Crippen molar-refractivity contribution in [3.8, 4) is 11.1 Å². The fourth-order valence-corrected chi connectivity index (χ4v) is 3.48. The molecule has 29 heavy (non-hydrogen) atoms. The van der Waals surface area contributed by atoms with Gasteiger partial charge in [0.2, 0.25) is 11.9 Å². The van der Waals surface area contributed by atoms with Crippen LogP contribution in [-0.2, 0) is 0 Å². The molecule has 1 aliphatic heterocycles. The number of benzene rings is 2. The Morgan fingerprint density at radius 3 is 2.24 bits per heavy atom. The van der Waals surface area contributed by atoms with Crippen molar-refractivity contribution in [3.63, 3.8) is 0 Å². The van der Waals surface area contributed by atoms with E-state index in [0.29, 0.717) is 17.7 Å². The summed E-state index contributed by atoms with van der Waals surface area (Å²) in [4.78, 5) is 18.0. The van der Waals surface area contributed by atoms with E-state index < -0.39 is 0 Å². The highest BCUT2D eigenvalue weighted by molar-refractivity contribution is 5.67. The summed E-state index contributed by atoms with van der Waals surface area (Å²) < 4.78 is 0. The Kier molecular flexibility index (Phi) is 5.97. The summed E-state index contributed by atoms with van der Waals surface area (Å²) in [6, 6.07) is 18.6. The summed E-state index contributed by atoms with van der Waals surface area (Å²) in [5, 5.41) is 12.4. The minimum absolute atomic E-state index is 0.196. The molecule has 1 aromatic heterocycles. The Bertz CT molecular complexity index is 924. The lowest BCUT2D eigenvalue weighted by atomic mass is 10.1. The normalized spacial score (nSPS) is 14.8. The summed E-state index contributed by atoms with van der Waals surface area (Å²) in [7, 11) is 0. The number of nitrogens with one attached hydrogen (secondary N) is 1. The molecule has 0 radical (unpaired) electrons. The van der Waals surface area contributed by atoms with Crippen molar-refractivity contribution < 1.29 is 5.11 Å². The molecule has 2 heterocycles. The molecule has 7 heteroatoms. The number of aliphatic hydroxyl groups excluding tert-OH is 1. The minimum atomic E-state index is 0.196. The molecule has 1 fully saturated rings. The van der Waals surface area contributed by atoms with Gasteiger partial charge in [0.1, 0.15) is 5.82 Å². The van der Waals surface area contributed by atoms with E-state index in [1.165, 1.54) is 11.1 Å². The minimum Gasteiger partial charge on any atom is -0.395 e. The number of piperazine rings is 1. The SMILES string of the molecule is Cc1nc(Nc2ccc(-c3ccccc3)cc2)nc(N2CCN(CCO)CC2)n1. The zero-order chi connectivity index (χ0) is 20.1. The van der Waals surface area contributed by atoms with Crippen LogP contribution in [0.5, 0.6) is 0 Å². The molecule has 4 rings (SSSR count). The lowest BCUT2D eigenvalue weighted by molar-refractivity contribution is 0.188. The van der Waals surface area contributed by atoms with E-state index in [2.05, 4.69) is 54.3 Å². The van der Waals surface area contributed by atoms with Crippen molar-refractivity contribution in [1.29, 1.82) is 0 Å². The molecule has 1 aliphatic rings. The summed E-state index contributed by atoms with van der Waals surface area (Å²) >= 11 is 0. The van der Waals surface area contributed by atoms with Gasteiger partial charge >= 0.3 is 0 Å². The van der Waals surface area contributed by atoms with Gasteiger partial charge in [-0.3, -0.25) is 4.90 Å². The second kappa shape index (κ2) is 8.98. The molecular weight excluding hydrogens is 364 g/mol. The average molecular weight is 390 g/mol. The summed E-state index contributed by atoms with van der Waals surface area (Å²) in [5.74, 6) is 1.94. The first-order valence-corrected chi connectivity index (χ1v) is 9.94. The van der Waals surface area contributed by atoms with Crippen molar-refractivity contribution in [1.82, 2.24) is 19.9 Å². The second-order valence-electron chi connectivity index (χ2n) is 7.13. The molecule has 7 nitrogen and oxygen atoms in total. The number of hydrogen-bond donors (Lipinski definition) is 2. The van der Waals surface area contributed by atoms with Crippen LogP contribution in [0.25, 0.3) is 11.1 Å². The van der Waals surface area contributed by atoms with Crippen molar-refractivity contribution in [2.75, 3.05) is 49.5 Å². The van der Waals surface area contributed by atoms with Gasteiger partial charge < -0.3 is 15.3 Å². The Morgan fingerprint density at radius 2 is 1.55 bits per heavy atom. The molecule has 0 atom stereocenters. The Hall–Kier alpha value is -3.03. The molecule has 0 spiro atoms. The van der Waals surface area contributed by atoms with E-state index >= 15 is 0 Å². The molecule has 0 amide bonds. The lowest BCUT2D eigenvalue weighted by Gasteiger charge is -2.34. The molecule has 0 unspecified atom stereocenters. The maximum Gasteiger partial charge on any atom is 0.232 e. The van der Waals surface area contributed by atoms with Crippen molar-refractivity contribution >= 4 is 17.6 Å². The number of β-amino-alcohol motifs (C(OH)–C–C–N with tert-alkyl or cyclic N) is 1. The standard InChI is InChI=1S/C22H26N6O/c1-17-23-21(26-22(24-17)28-13-11-27(12-14-28)15-16-29)25-20-9-7-19(8-10-20)18-5-3-2-4-6-18/h2-10,29H,11-16H2,1H3,(H,23,24,25,26). The fraction of sp³-hybridized carbons (Fsp3) is 0.318. The molecular formula is C22H26N6O. The Morgan fingerprint density at radius 1 is 0.862 bits per heavy atom. The van der Waals surface area contributed by atoms with E-state index in [1.807, 2.05) is 37.3 Å². The highest BCUT2D eigenvalue weighted by atomic mass is 16.3. The Labute approximate surface area is 171 Å². The van der Waals surface area contributed by atoms with Crippen LogP contribution in [0.1, 0.15) is 5.82 Å². The first-order chi connectivity index (χ1) is 14.2. The van der Waals surface area contributed by atoms with Crippen molar-refractivity contribution in [2.24, 2.45) is 0 Å². The maximum atomic E-state index is 9.10. The smallest absolute Gasteiger partial charge is 0.232 e. The van der Waals surface area contributed by atoms with Crippen LogP contribution in [0.2, 0.25) is 0 Å². The van der Waals surface area contributed by atoms with Gasteiger partial charge in [-0.25, -0.2) is 0 Å². The molecule has 1 saturated heterocycles. The molecule has 0 aliphatic carbocycles. The van der Waals surface area contributed by atoms with Gasteiger partial charge in [0.25, 0.3) is 0 Å². The first-order valence-electron chi connectivity index (χ1n) is 9.94. The van der Waals surface area contributed by atoms with E-state index in [9.17, 15) is 0 Å². The van der Waals surface area contributed by atoms with Crippen LogP contribution in [0.3, 0.4) is 0 Å². The molecule has 150 valence electrons. The van der Waals surface area contributed by atoms with E-state index in [4.69, 9.17) is 5.11 Å². The number of aryl methyl sites for hydroxylation is 1. The predicted octanol–water partition coefficient (Wildman–Crippen LogP) is 2.70. The number of aromatic nitrogens is 3. The molecule has 2 N–H and O–H groups in total. The zero-order valence-corrected chi connectivity index (χ0v) is 16.6. The van der Waals surface area contributed by atoms with Crippen molar-refractivity contribution in [2.45, 2.75) is 6.92 Å². The van der Waals surface area contributed by atoms with Gasteiger partial charge in [0.15, 0.2) is 0 Å². The van der Waals surface area contributed by atoms with Crippen LogP contribution < -0.4 is 10.2 Å². The van der Waals surface area contributed by atoms with Gasteiger partial charge in [0.05, 0.1) is 6.61 Å². The van der Waals surface area contributed by atoms with Crippen LogP contribution in [0.4, 0.5) is 17.6 Å². The van der Waals surface area contributed by atoms with Crippen LogP contribution >= 0.6 is 0 Å². The summed E-state index contributed by atoms with van der Waals surface area (Å²) in [6.07, 6.45) is 0. The molecule has 0 saturated carbocycles. The van der Waals surface area contributed by atoms with E-state index in [-0.39, 0.29) is 6.61 Å². The largest absolute Gasteiger partial charge is 0.395 e. The molecule has 3 aromatic rings. The number of nitrogens with zero attached hydrogens (tertiary/aromatic N) is 5. The van der Waals surface area contributed by atoms with E-state index in [1.54, 1.807) is 0 Å². The maximum absolute atomic E-state index is 9.10. The monoisotopic (exact) mass is 390 g/mol. The van der Waals surface area contributed by atoms with Crippen LogP contribution in [-0.4, -0.2) is 64.3 Å². The second-order valence-corrected chi connectivity index (χ2v) is 7.13. The average Bonchev–Trinajstić information content (AvgIpc) is 2.75. The number of anilines is 3. The quantitative estimate of drug-likeness (QED) is 0.670. The van der Waals surface area contributed by atoms with Gasteiger partial charge in [0, 0.05) is 38.4 Å². The first kappa shape index (κ1) is 19.3. The number of aliphatic hydroxyl groups is 1. The third kappa shape index (κ3) is 4.88. The predicted molar refractivity (Wildman–Crippen MR) is 115 cm³/mol. The van der Waals surface area contributed by atoms with Gasteiger partial charge in [-0.15, -0.1) is 0 Å². The Balaban J connectivity index is 1.45. The highest BCUT2D eigenvalue weighted by Crippen LogP contribution is 2.23. The third-order valence-corrected chi connectivity index (χ3v) is 5.05. The topological polar surface area (TPSA) is 77.4 Å². The van der Waals surface area contributed by atoms with Crippen LogP contribution in [0.15, 0.2) is 54.6 Å². The number of rotatable bonds is 6. The summed E-state index contributed by atoms with van der Waals surface area (Å²) in [5.41, 5.74) is 3.30. The number of hydrogen-bond acceptors (Lipinski definition) is 7. The fourth-order valence-electron chi connectivity index (χ4n) is 3.48. The molecule has 0 bridgehead atoms. The summed E-state index contributed by atoms with van der Waals surface area (Å²) in [6.45, 7) is 6.28. The zero-order valence-electron chi connectivity index (χ0n) is 16.6. The lowest BCUT2D eigenvalue weighted by Crippen LogP contribution is -2.47. The van der Waals surface area contributed by atoms with Gasteiger partial charge in [-0.05, 0) is 30.2 Å². The van der Waals surface area contributed by atoms with Crippen LogP contribution in [0, 0.1) is 6.92 Å².